The van der Waals surface area contributed by atoms with Gasteiger partial charge in [0, 0.05) is 18.9 Å². The highest BCUT2D eigenvalue weighted by Gasteiger charge is 2.08. The molecule has 1 heterocycles. The topological polar surface area (TPSA) is 82.2 Å². The summed E-state index contributed by atoms with van der Waals surface area (Å²) in [6.07, 6.45) is 1.94. The van der Waals surface area contributed by atoms with Gasteiger partial charge in [-0.05, 0) is 24.3 Å². The number of aromatic nitrogens is 2. The zero-order chi connectivity index (χ0) is 13.7. The van der Waals surface area contributed by atoms with Gasteiger partial charge in [-0.15, -0.1) is 0 Å². The number of hydrogen-bond donors (Lipinski definition) is 2. The van der Waals surface area contributed by atoms with Crippen LogP contribution in [-0.2, 0) is 9.53 Å². The summed E-state index contributed by atoms with van der Waals surface area (Å²) < 4.78 is 6.51. The fraction of sp³-hybridized carbons (Fsp3) is 0.231. The summed E-state index contributed by atoms with van der Waals surface area (Å²) in [6, 6.07) is 8.99. The molecule has 2 aromatic rings. The van der Waals surface area contributed by atoms with Crippen LogP contribution in [0.1, 0.15) is 6.42 Å². The SMILES string of the molecule is COCCC(=O)Nc1ccnn1-c1ccc(N)cc1. The predicted molar refractivity (Wildman–Crippen MR) is 73.1 cm³/mol. The van der Waals surface area contributed by atoms with E-state index >= 15 is 0 Å². The first-order chi connectivity index (χ1) is 9.20. The van der Waals surface area contributed by atoms with E-state index in [1.165, 1.54) is 0 Å². The minimum Gasteiger partial charge on any atom is -0.399 e. The Morgan fingerprint density at radius 2 is 2.11 bits per heavy atom. The molecule has 1 aromatic heterocycles. The number of amides is 1. The highest BCUT2D eigenvalue weighted by atomic mass is 16.5. The molecule has 6 nitrogen and oxygen atoms in total. The number of nitrogens with one attached hydrogen (secondary N) is 1. The Labute approximate surface area is 111 Å². The summed E-state index contributed by atoms with van der Waals surface area (Å²) in [5.41, 5.74) is 7.16. The van der Waals surface area contributed by atoms with Crippen LogP contribution in [0.3, 0.4) is 0 Å². The number of carbonyl (C=O) groups excluding carboxylic acids is 1. The molecular formula is C13H16N4O2. The average molecular weight is 260 g/mol. The fourth-order valence-electron chi connectivity index (χ4n) is 1.62. The Kier molecular flexibility index (Phi) is 4.15. The molecule has 0 radical (unpaired) electrons. The summed E-state index contributed by atoms with van der Waals surface area (Å²) >= 11 is 0. The van der Waals surface area contributed by atoms with Crippen LogP contribution in [0, 0.1) is 0 Å². The van der Waals surface area contributed by atoms with Gasteiger partial charge in [-0.25, -0.2) is 4.68 Å². The fourth-order valence-corrected chi connectivity index (χ4v) is 1.62. The number of nitrogen functional groups attached to an aromatic ring is 1. The minimum absolute atomic E-state index is 0.112. The predicted octanol–water partition coefficient (Wildman–Crippen LogP) is 1.43. The zero-order valence-electron chi connectivity index (χ0n) is 10.7. The second-order valence-corrected chi connectivity index (χ2v) is 4.01. The minimum atomic E-state index is -0.112. The van der Waals surface area contributed by atoms with Gasteiger partial charge in [0.2, 0.25) is 5.91 Å². The van der Waals surface area contributed by atoms with Crippen LogP contribution in [0.2, 0.25) is 0 Å². The smallest absolute Gasteiger partial charge is 0.227 e. The molecule has 6 heteroatoms. The molecule has 0 bridgehead atoms. The molecule has 1 aromatic carbocycles. The molecule has 0 fully saturated rings. The lowest BCUT2D eigenvalue weighted by Crippen LogP contribution is -2.16. The van der Waals surface area contributed by atoms with Crippen LogP contribution in [0.25, 0.3) is 5.69 Å². The van der Waals surface area contributed by atoms with Crippen molar-refractivity contribution in [2.24, 2.45) is 0 Å². The molecule has 2 rings (SSSR count). The van der Waals surface area contributed by atoms with E-state index in [9.17, 15) is 4.79 Å². The second kappa shape index (κ2) is 6.01. The van der Waals surface area contributed by atoms with Gasteiger partial charge in [0.1, 0.15) is 5.82 Å². The van der Waals surface area contributed by atoms with Crippen LogP contribution < -0.4 is 11.1 Å². The molecule has 0 saturated heterocycles. The number of carbonyl (C=O) groups is 1. The van der Waals surface area contributed by atoms with Crippen molar-refractivity contribution in [3.63, 3.8) is 0 Å². The monoisotopic (exact) mass is 260 g/mol. The summed E-state index contributed by atoms with van der Waals surface area (Å²) in [7, 11) is 1.56. The summed E-state index contributed by atoms with van der Waals surface area (Å²) in [4.78, 5) is 11.7. The molecule has 0 aliphatic carbocycles. The Bertz CT molecular complexity index is 548. The lowest BCUT2D eigenvalue weighted by Gasteiger charge is -2.09. The highest BCUT2D eigenvalue weighted by molar-refractivity contribution is 5.90. The highest BCUT2D eigenvalue weighted by Crippen LogP contribution is 2.16. The molecule has 0 atom stereocenters. The number of benzene rings is 1. The number of methoxy groups -OCH3 is 1. The van der Waals surface area contributed by atoms with Gasteiger partial charge in [0.25, 0.3) is 0 Å². The van der Waals surface area contributed by atoms with Gasteiger partial charge in [-0.1, -0.05) is 0 Å². The first-order valence-electron chi connectivity index (χ1n) is 5.89. The van der Waals surface area contributed by atoms with Crippen molar-refractivity contribution in [2.45, 2.75) is 6.42 Å². The lowest BCUT2D eigenvalue weighted by molar-refractivity contribution is -0.117. The van der Waals surface area contributed by atoms with Gasteiger partial charge in [-0.2, -0.15) is 5.10 Å². The average Bonchev–Trinajstić information content (AvgIpc) is 2.85. The van der Waals surface area contributed by atoms with Gasteiger partial charge in [0.15, 0.2) is 0 Å². The molecular weight excluding hydrogens is 244 g/mol. The zero-order valence-corrected chi connectivity index (χ0v) is 10.7. The molecule has 0 unspecified atom stereocenters. The van der Waals surface area contributed by atoms with Crippen molar-refractivity contribution < 1.29 is 9.53 Å². The molecule has 1 amide bonds. The van der Waals surface area contributed by atoms with E-state index in [-0.39, 0.29) is 5.91 Å². The maximum Gasteiger partial charge on any atom is 0.227 e. The first-order valence-corrected chi connectivity index (χ1v) is 5.89. The molecule has 0 aliphatic heterocycles. The van der Waals surface area contributed by atoms with E-state index < -0.39 is 0 Å². The number of rotatable bonds is 5. The molecule has 0 aliphatic rings. The summed E-state index contributed by atoms with van der Waals surface area (Å²) in [5, 5.41) is 6.97. The van der Waals surface area contributed by atoms with Gasteiger partial charge in [0.05, 0.1) is 24.9 Å². The standard InChI is InChI=1S/C13H16N4O2/c1-19-9-7-13(18)16-12-6-8-15-17(12)11-4-2-10(14)3-5-11/h2-6,8H,7,9,14H2,1H3,(H,16,18). The van der Waals surface area contributed by atoms with Crippen molar-refractivity contribution in [3.05, 3.63) is 36.5 Å². The Balaban J connectivity index is 2.13. The van der Waals surface area contributed by atoms with Gasteiger partial charge < -0.3 is 15.8 Å². The summed E-state index contributed by atoms with van der Waals surface area (Å²) in [6.45, 7) is 0.391. The van der Waals surface area contributed by atoms with Crippen molar-refractivity contribution >= 4 is 17.4 Å². The van der Waals surface area contributed by atoms with Crippen LogP contribution in [0.15, 0.2) is 36.5 Å². The van der Waals surface area contributed by atoms with E-state index in [1.807, 2.05) is 12.1 Å². The van der Waals surface area contributed by atoms with Crippen LogP contribution >= 0.6 is 0 Å². The van der Waals surface area contributed by atoms with Crippen LogP contribution in [0.5, 0.6) is 0 Å². The van der Waals surface area contributed by atoms with E-state index in [2.05, 4.69) is 10.4 Å². The Morgan fingerprint density at radius 1 is 1.37 bits per heavy atom. The van der Waals surface area contributed by atoms with E-state index in [0.717, 1.165) is 5.69 Å². The van der Waals surface area contributed by atoms with E-state index in [4.69, 9.17) is 10.5 Å². The lowest BCUT2D eigenvalue weighted by atomic mass is 10.3. The summed E-state index contributed by atoms with van der Waals surface area (Å²) in [5.74, 6) is 0.505. The van der Waals surface area contributed by atoms with Crippen molar-refractivity contribution in [2.75, 3.05) is 24.8 Å². The number of nitrogens with two attached hydrogens (primary N) is 1. The third-order valence-electron chi connectivity index (χ3n) is 2.58. The van der Waals surface area contributed by atoms with Crippen molar-refractivity contribution in [1.82, 2.24) is 9.78 Å². The van der Waals surface area contributed by atoms with E-state index in [0.29, 0.717) is 24.5 Å². The maximum absolute atomic E-state index is 11.7. The van der Waals surface area contributed by atoms with Crippen LogP contribution in [0.4, 0.5) is 11.5 Å². The number of nitrogens with zero attached hydrogens (tertiary/aromatic N) is 2. The third-order valence-corrected chi connectivity index (χ3v) is 2.58. The number of ether oxygens (including phenoxy) is 1. The number of hydrogen-bond acceptors (Lipinski definition) is 4. The largest absolute Gasteiger partial charge is 0.399 e. The van der Waals surface area contributed by atoms with Crippen LogP contribution in [-0.4, -0.2) is 29.4 Å². The van der Waals surface area contributed by atoms with Gasteiger partial charge >= 0.3 is 0 Å². The quantitative estimate of drug-likeness (QED) is 0.797. The molecule has 0 spiro atoms. The van der Waals surface area contributed by atoms with E-state index in [1.54, 1.807) is 36.2 Å². The first kappa shape index (κ1) is 13.1. The van der Waals surface area contributed by atoms with Gasteiger partial charge in [-0.3, -0.25) is 4.79 Å². The normalized spacial score (nSPS) is 10.4. The molecule has 0 saturated carbocycles. The molecule has 3 N–H and O–H groups in total. The Hall–Kier alpha value is -2.34. The van der Waals surface area contributed by atoms with Crippen molar-refractivity contribution in [3.8, 4) is 5.69 Å². The second-order valence-electron chi connectivity index (χ2n) is 4.01. The van der Waals surface area contributed by atoms with Crippen molar-refractivity contribution in [1.29, 1.82) is 0 Å². The Morgan fingerprint density at radius 3 is 2.79 bits per heavy atom. The number of anilines is 2. The molecule has 100 valence electrons. The third kappa shape index (κ3) is 3.32. The maximum atomic E-state index is 11.7. The molecule has 19 heavy (non-hydrogen) atoms.